The summed E-state index contributed by atoms with van der Waals surface area (Å²) in [5.74, 6) is 0.708. The summed E-state index contributed by atoms with van der Waals surface area (Å²) in [7, 11) is 1.61. The molecule has 0 fully saturated rings. The Bertz CT molecular complexity index is 433. The van der Waals surface area contributed by atoms with Crippen molar-refractivity contribution < 1.29 is 9.53 Å². The number of carbonyl (C=O) groups is 1. The second-order valence-corrected chi connectivity index (χ2v) is 4.65. The zero-order chi connectivity index (χ0) is 13.4. The van der Waals surface area contributed by atoms with Gasteiger partial charge in [0, 0.05) is 6.42 Å². The second kappa shape index (κ2) is 7.87. The number of amides is 1. The van der Waals surface area contributed by atoms with Gasteiger partial charge in [-0.05, 0) is 46.1 Å². The van der Waals surface area contributed by atoms with Crippen molar-refractivity contribution in [2.75, 3.05) is 7.11 Å². The van der Waals surface area contributed by atoms with Gasteiger partial charge in [-0.15, -0.1) is 0 Å². The van der Waals surface area contributed by atoms with Gasteiger partial charge in [0.25, 0.3) is 0 Å². The van der Waals surface area contributed by atoms with E-state index >= 15 is 0 Å². The molecule has 0 unspecified atom stereocenters. The number of carbonyl (C=O) groups excluding carboxylic acids is 1. The molecular weight excluding hydrogens is 296 g/mol. The molecule has 0 bridgehead atoms. The zero-order valence-electron chi connectivity index (χ0n) is 10.6. The van der Waals surface area contributed by atoms with Crippen molar-refractivity contribution in [1.29, 1.82) is 0 Å². The number of rotatable bonds is 6. The van der Waals surface area contributed by atoms with E-state index in [1.807, 2.05) is 25.1 Å². The first-order chi connectivity index (χ1) is 8.67. The maximum Gasteiger partial charge on any atom is 0.240 e. The van der Waals surface area contributed by atoms with Gasteiger partial charge in [0.15, 0.2) is 0 Å². The fraction of sp³-hybridized carbons (Fsp3) is 0.385. The van der Waals surface area contributed by atoms with Gasteiger partial charge in [-0.25, -0.2) is 5.43 Å². The highest BCUT2D eigenvalue weighted by molar-refractivity contribution is 9.10. The van der Waals surface area contributed by atoms with E-state index in [2.05, 4.69) is 26.5 Å². The van der Waals surface area contributed by atoms with Crippen molar-refractivity contribution in [3.05, 3.63) is 28.2 Å². The standard InChI is InChI=1S/C13H17BrN2O2/c1-3-4-5-13(17)16-15-9-10-6-7-12(18-2)11(14)8-10/h6-9H,3-5H2,1-2H3,(H,16,17)/b15-9+. The van der Waals surface area contributed by atoms with E-state index in [1.54, 1.807) is 13.3 Å². The number of halogens is 1. The van der Waals surface area contributed by atoms with Crippen LogP contribution < -0.4 is 10.2 Å². The van der Waals surface area contributed by atoms with Crippen LogP contribution in [0.3, 0.4) is 0 Å². The summed E-state index contributed by atoms with van der Waals surface area (Å²) >= 11 is 3.39. The SMILES string of the molecule is CCCCC(=O)N/N=C/c1ccc(OC)c(Br)c1. The fourth-order valence-corrected chi connectivity index (χ4v) is 1.89. The molecule has 0 radical (unpaired) electrons. The average molecular weight is 313 g/mol. The molecule has 0 saturated heterocycles. The van der Waals surface area contributed by atoms with Crippen LogP contribution in [0.2, 0.25) is 0 Å². The Labute approximate surface area is 116 Å². The van der Waals surface area contributed by atoms with Crippen molar-refractivity contribution in [1.82, 2.24) is 5.43 Å². The van der Waals surface area contributed by atoms with Crippen molar-refractivity contribution in [2.45, 2.75) is 26.2 Å². The van der Waals surface area contributed by atoms with E-state index in [4.69, 9.17) is 4.74 Å². The Hall–Kier alpha value is -1.36. The first kappa shape index (κ1) is 14.7. The number of nitrogens with one attached hydrogen (secondary N) is 1. The summed E-state index contributed by atoms with van der Waals surface area (Å²) in [6.07, 6.45) is 4.01. The van der Waals surface area contributed by atoms with Crippen molar-refractivity contribution in [3.8, 4) is 5.75 Å². The van der Waals surface area contributed by atoms with Gasteiger partial charge >= 0.3 is 0 Å². The third-order valence-corrected chi connectivity index (χ3v) is 2.96. The lowest BCUT2D eigenvalue weighted by molar-refractivity contribution is -0.121. The molecule has 0 heterocycles. The third-order valence-electron chi connectivity index (χ3n) is 2.34. The predicted molar refractivity (Wildman–Crippen MR) is 76.0 cm³/mol. The van der Waals surface area contributed by atoms with Crippen LogP contribution in [0.25, 0.3) is 0 Å². The lowest BCUT2D eigenvalue weighted by Gasteiger charge is -2.03. The fourth-order valence-electron chi connectivity index (χ4n) is 1.33. The average Bonchev–Trinajstić information content (AvgIpc) is 2.36. The molecular formula is C13H17BrN2O2. The Morgan fingerprint density at radius 1 is 1.56 bits per heavy atom. The highest BCUT2D eigenvalue weighted by atomic mass is 79.9. The molecule has 0 aliphatic heterocycles. The number of unbranched alkanes of at least 4 members (excludes halogenated alkanes) is 1. The molecule has 1 aromatic carbocycles. The first-order valence-electron chi connectivity index (χ1n) is 5.82. The summed E-state index contributed by atoms with van der Waals surface area (Å²) in [4.78, 5) is 11.3. The topological polar surface area (TPSA) is 50.7 Å². The molecule has 0 aromatic heterocycles. The number of benzene rings is 1. The van der Waals surface area contributed by atoms with Gasteiger partial charge in [-0.2, -0.15) is 5.10 Å². The van der Waals surface area contributed by atoms with Crippen molar-refractivity contribution in [2.24, 2.45) is 5.10 Å². The highest BCUT2D eigenvalue weighted by Crippen LogP contribution is 2.24. The maximum absolute atomic E-state index is 11.3. The van der Waals surface area contributed by atoms with Crippen LogP contribution in [-0.4, -0.2) is 19.2 Å². The molecule has 1 aromatic rings. The van der Waals surface area contributed by atoms with E-state index in [-0.39, 0.29) is 5.91 Å². The summed E-state index contributed by atoms with van der Waals surface area (Å²) in [6, 6.07) is 5.58. The number of methoxy groups -OCH3 is 1. The minimum Gasteiger partial charge on any atom is -0.496 e. The number of ether oxygens (including phenoxy) is 1. The van der Waals surface area contributed by atoms with Gasteiger partial charge in [-0.3, -0.25) is 4.79 Å². The summed E-state index contributed by atoms with van der Waals surface area (Å²) in [5.41, 5.74) is 3.39. The monoisotopic (exact) mass is 312 g/mol. The summed E-state index contributed by atoms with van der Waals surface area (Å²) in [6.45, 7) is 2.05. The molecule has 4 nitrogen and oxygen atoms in total. The summed E-state index contributed by atoms with van der Waals surface area (Å²) < 4.78 is 5.98. The highest BCUT2D eigenvalue weighted by Gasteiger charge is 2.00. The van der Waals surface area contributed by atoms with E-state index in [0.29, 0.717) is 6.42 Å². The van der Waals surface area contributed by atoms with E-state index in [0.717, 1.165) is 28.6 Å². The second-order valence-electron chi connectivity index (χ2n) is 3.79. The van der Waals surface area contributed by atoms with Crippen LogP contribution in [0.15, 0.2) is 27.8 Å². The molecule has 0 aliphatic rings. The number of hydrazone groups is 1. The lowest BCUT2D eigenvalue weighted by Crippen LogP contribution is -2.16. The summed E-state index contributed by atoms with van der Waals surface area (Å²) in [5, 5.41) is 3.90. The Balaban J connectivity index is 2.52. The number of hydrogen-bond acceptors (Lipinski definition) is 3. The molecule has 18 heavy (non-hydrogen) atoms. The van der Waals surface area contributed by atoms with Crippen molar-refractivity contribution >= 4 is 28.1 Å². The molecule has 1 amide bonds. The van der Waals surface area contributed by atoms with Gasteiger partial charge in [0.05, 0.1) is 17.8 Å². The normalized spacial score (nSPS) is 10.6. The van der Waals surface area contributed by atoms with Crippen molar-refractivity contribution in [3.63, 3.8) is 0 Å². The van der Waals surface area contributed by atoms with Crippen LogP contribution in [0.4, 0.5) is 0 Å². The van der Waals surface area contributed by atoms with Crippen LogP contribution >= 0.6 is 15.9 Å². The van der Waals surface area contributed by atoms with Gasteiger partial charge in [0.2, 0.25) is 5.91 Å². The van der Waals surface area contributed by atoms with Gasteiger partial charge < -0.3 is 4.74 Å². The van der Waals surface area contributed by atoms with Crippen LogP contribution in [0.1, 0.15) is 31.7 Å². The van der Waals surface area contributed by atoms with E-state index in [1.165, 1.54) is 0 Å². The van der Waals surface area contributed by atoms with Crippen LogP contribution in [-0.2, 0) is 4.79 Å². The largest absolute Gasteiger partial charge is 0.496 e. The van der Waals surface area contributed by atoms with E-state index < -0.39 is 0 Å². The number of nitrogens with zero attached hydrogens (tertiary/aromatic N) is 1. The Kier molecular flexibility index (Phi) is 6.43. The molecule has 1 rings (SSSR count). The van der Waals surface area contributed by atoms with E-state index in [9.17, 15) is 4.79 Å². The third kappa shape index (κ3) is 4.87. The van der Waals surface area contributed by atoms with Gasteiger partial charge in [0.1, 0.15) is 5.75 Å². The minimum absolute atomic E-state index is 0.0549. The number of hydrogen-bond donors (Lipinski definition) is 1. The Morgan fingerprint density at radius 3 is 2.94 bits per heavy atom. The first-order valence-corrected chi connectivity index (χ1v) is 6.62. The van der Waals surface area contributed by atoms with Crippen LogP contribution in [0.5, 0.6) is 5.75 Å². The Morgan fingerprint density at radius 2 is 2.33 bits per heavy atom. The lowest BCUT2D eigenvalue weighted by atomic mass is 10.2. The molecule has 0 spiro atoms. The molecule has 0 saturated carbocycles. The van der Waals surface area contributed by atoms with Gasteiger partial charge in [-0.1, -0.05) is 13.3 Å². The zero-order valence-corrected chi connectivity index (χ0v) is 12.2. The molecule has 5 heteroatoms. The van der Waals surface area contributed by atoms with Crippen LogP contribution in [0, 0.1) is 0 Å². The minimum atomic E-state index is -0.0549. The molecule has 0 aliphatic carbocycles. The quantitative estimate of drug-likeness (QED) is 0.648. The molecule has 0 atom stereocenters. The molecule has 98 valence electrons. The maximum atomic E-state index is 11.3. The smallest absolute Gasteiger partial charge is 0.240 e. The predicted octanol–water partition coefficient (Wildman–Crippen LogP) is 3.10. The molecule has 1 N–H and O–H groups in total.